The molecule has 12 rings (SSSR count). The number of sulfone groups is 1. The number of fused-ring (bicyclic) bond motifs is 2. The SMILES string of the molecule is C=CS(=O)(=O)CCCCCCC(=O)NCCC(=O)Nc1cc(COC(=O)N(C)CCOC23CC4(C)CC(C)(CC(Cn5ncc(-c6ccc(N7CCc8cccc(C(=O)Nc9nc%10ccccc%10s9)c8C7)nc6C(=O)O)c5C)(C4)C2)C3)ccc1O[C@@H]1O[C@H](C(=O)O)[C@H](O)[C@H](O)[C@@H]1O. The molecule has 6 aliphatic rings. The molecular formula is C69H83N9O17S2. The molecule has 0 spiro atoms. The number of unbranched alkanes of at least 4 members (excludes halogenated alkanes) is 3. The van der Waals surface area contributed by atoms with Crippen LogP contribution in [-0.4, -0.2) is 170 Å². The molecule has 7 atom stereocenters. The molecule has 518 valence electrons. The lowest BCUT2D eigenvalue weighted by Crippen LogP contribution is -2.64. The fourth-order valence-corrected chi connectivity index (χ4v) is 17.6. The first kappa shape index (κ1) is 70.0. The van der Waals surface area contributed by atoms with Crippen LogP contribution in [0.15, 0.2) is 91.0 Å². The van der Waals surface area contributed by atoms with Crippen molar-refractivity contribution in [2.24, 2.45) is 16.2 Å². The number of benzene rings is 3. The van der Waals surface area contributed by atoms with Crippen LogP contribution in [0.25, 0.3) is 21.3 Å². The number of nitrogens with one attached hydrogen (secondary N) is 3. The van der Waals surface area contributed by atoms with E-state index in [0.29, 0.717) is 84.9 Å². The molecular weight excluding hydrogens is 1290 g/mol. The van der Waals surface area contributed by atoms with Gasteiger partial charge in [0.15, 0.2) is 26.8 Å². The molecule has 28 heteroatoms. The second-order valence-electron chi connectivity index (χ2n) is 27.4. The number of aromatic carboxylic acids is 1. The van der Waals surface area contributed by atoms with Crippen molar-refractivity contribution in [2.45, 2.75) is 160 Å². The second kappa shape index (κ2) is 28.6. The topological polar surface area (TPSA) is 361 Å². The minimum atomic E-state index is -3.30. The van der Waals surface area contributed by atoms with Gasteiger partial charge in [0.1, 0.15) is 36.5 Å². The summed E-state index contributed by atoms with van der Waals surface area (Å²) in [7, 11) is -1.70. The molecule has 4 amide bonds. The van der Waals surface area contributed by atoms with Gasteiger partial charge in [-0.1, -0.05) is 74.9 Å². The van der Waals surface area contributed by atoms with Crippen LogP contribution in [0.1, 0.15) is 134 Å². The van der Waals surface area contributed by atoms with E-state index in [9.17, 15) is 62.7 Å². The largest absolute Gasteiger partial charge is 0.479 e. The maximum absolute atomic E-state index is 13.8. The van der Waals surface area contributed by atoms with E-state index in [1.54, 1.807) is 25.4 Å². The first-order valence-electron chi connectivity index (χ1n) is 32.6. The number of carboxylic acids is 2. The molecule has 3 aromatic carbocycles. The summed E-state index contributed by atoms with van der Waals surface area (Å²) in [5.74, 6) is -3.67. The first-order valence-corrected chi connectivity index (χ1v) is 35.1. The third kappa shape index (κ3) is 16.0. The highest BCUT2D eigenvalue weighted by Crippen LogP contribution is 2.72. The van der Waals surface area contributed by atoms with E-state index in [-0.39, 0.29) is 90.1 Å². The van der Waals surface area contributed by atoms with Gasteiger partial charge in [0, 0.05) is 80.4 Å². The van der Waals surface area contributed by atoms with Crippen LogP contribution in [0.5, 0.6) is 5.75 Å². The van der Waals surface area contributed by atoms with Gasteiger partial charge in [0.05, 0.1) is 40.1 Å². The number of amides is 4. The van der Waals surface area contributed by atoms with E-state index in [1.165, 1.54) is 34.4 Å². The highest BCUT2D eigenvalue weighted by molar-refractivity contribution is 7.94. The predicted molar refractivity (Wildman–Crippen MR) is 358 cm³/mol. The average Bonchev–Trinajstić information content (AvgIpc) is 0.982. The number of aliphatic carboxylic acids is 1. The minimum Gasteiger partial charge on any atom is -0.479 e. The molecule has 5 fully saturated rings. The van der Waals surface area contributed by atoms with Crippen molar-refractivity contribution in [3.8, 4) is 16.9 Å². The standard InChI is InChI=1S/C69H83N9O17S2/c1-6-97(90,91)29-12-8-7-9-18-53(79)70-25-23-54(80)72-49-30-42(19-21-50(49)94-63-58(83)56(81)57(82)59(95-63)62(87)88)33-92-65(89)76(5)27-28-93-69-37-66(3)34-67(4,38-69)36-68(35-66,39-69)40-78-41(2)46(31-71-78)44-20-22-52(74-55(44)61(85)86)77-26-24-43-14-13-15-45(47(43)32-77)60(84)75-64-73-48-16-10-11-17-51(48)96-64/h6,10-11,13-17,19-22,30-31,56-59,63,81-83H,1,7-9,12,18,23-29,32-40H2,2-5H3,(H,70,79)(H,72,80)(H,85,86)(H,87,88)(H,73,75,84)/t56-,57+,58-,59-,63+,66?,67?,68?,69?/m0/s1. The van der Waals surface area contributed by atoms with E-state index < -0.39 is 70.1 Å². The van der Waals surface area contributed by atoms with E-state index in [0.717, 1.165) is 71.0 Å². The van der Waals surface area contributed by atoms with Crippen molar-refractivity contribution >= 4 is 83.8 Å². The maximum Gasteiger partial charge on any atom is 0.409 e. The summed E-state index contributed by atoms with van der Waals surface area (Å²) in [6, 6.07) is 21.3. The van der Waals surface area contributed by atoms with Crippen molar-refractivity contribution in [2.75, 3.05) is 54.6 Å². The van der Waals surface area contributed by atoms with Crippen molar-refractivity contribution in [1.29, 1.82) is 0 Å². The summed E-state index contributed by atoms with van der Waals surface area (Å²) >= 11 is 1.40. The summed E-state index contributed by atoms with van der Waals surface area (Å²) in [6.07, 6.45) is -0.490. The maximum atomic E-state index is 13.8. The summed E-state index contributed by atoms with van der Waals surface area (Å²) in [4.78, 5) is 91.2. The van der Waals surface area contributed by atoms with Gasteiger partial charge in [-0.2, -0.15) is 5.10 Å². The van der Waals surface area contributed by atoms with Gasteiger partial charge in [-0.25, -0.2) is 32.8 Å². The zero-order chi connectivity index (χ0) is 69.2. The number of aliphatic hydroxyl groups is 3. The van der Waals surface area contributed by atoms with Gasteiger partial charge in [-0.15, -0.1) is 0 Å². The number of carbonyl (C=O) groups excluding carboxylic acids is 4. The number of aromatic nitrogens is 4. The van der Waals surface area contributed by atoms with Crippen LogP contribution in [0.2, 0.25) is 0 Å². The van der Waals surface area contributed by atoms with Crippen LogP contribution < -0.4 is 25.6 Å². The highest BCUT2D eigenvalue weighted by atomic mass is 32.2. The highest BCUT2D eigenvalue weighted by Gasteiger charge is 2.66. The fourth-order valence-electron chi connectivity index (χ4n) is 16.0. The Morgan fingerprint density at radius 3 is 2.35 bits per heavy atom. The number of rotatable bonds is 28. The van der Waals surface area contributed by atoms with Crippen LogP contribution in [-0.2, 0) is 64.5 Å². The molecule has 5 heterocycles. The fraction of sp³-hybridized carbons (Fsp3) is 0.493. The third-order valence-electron chi connectivity index (χ3n) is 19.4. The number of pyridine rings is 1. The molecule has 4 saturated carbocycles. The number of ether oxygens (including phenoxy) is 4. The predicted octanol–water partition coefficient (Wildman–Crippen LogP) is 8.01. The van der Waals surface area contributed by atoms with Crippen molar-refractivity contribution < 1.29 is 81.7 Å². The van der Waals surface area contributed by atoms with Crippen molar-refractivity contribution in [1.82, 2.24) is 30.0 Å². The van der Waals surface area contributed by atoms with E-state index >= 15 is 0 Å². The zero-order valence-corrected chi connectivity index (χ0v) is 56.3. The number of thiazole rings is 1. The lowest BCUT2D eigenvalue weighted by molar-refractivity contribution is -0.271. The summed E-state index contributed by atoms with van der Waals surface area (Å²) in [6.45, 7) is 11.5. The molecule has 97 heavy (non-hydrogen) atoms. The number of hydrogen-bond donors (Lipinski definition) is 8. The smallest absolute Gasteiger partial charge is 0.409 e. The van der Waals surface area contributed by atoms with Crippen LogP contribution in [0.3, 0.4) is 0 Å². The van der Waals surface area contributed by atoms with Crippen molar-refractivity contribution in [3.63, 3.8) is 0 Å². The lowest BCUT2D eigenvalue weighted by atomic mass is 9.39. The molecule has 4 aliphatic carbocycles. The Kier molecular flexibility index (Phi) is 20.6. The molecule has 1 saturated heterocycles. The third-order valence-corrected chi connectivity index (χ3v) is 21.7. The summed E-state index contributed by atoms with van der Waals surface area (Å²) < 4.78 is 50.1. The lowest BCUT2D eigenvalue weighted by Gasteiger charge is -2.69. The van der Waals surface area contributed by atoms with Crippen molar-refractivity contribution in [3.05, 3.63) is 125 Å². The Morgan fingerprint density at radius 2 is 1.61 bits per heavy atom. The van der Waals surface area contributed by atoms with Gasteiger partial charge in [-0.3, -0.25) is 24.4 Å². The number of carboxylic acid groups (broad SMARTS) is 2. The Morgan fingerprint density at radius 1 is 0.845 bits per heavy atom. The van der Waals surface area contributed by atoms with Gasteiger partial charge in [-0.05, 0) is 140 Å². The number of para-hydroxylation sites is 1. The number of nitrogens with zero attached hydrogens (tertiary/aromatic N) is 6. The molecule has 2 aliphatic heterocycles. The summed E-state index contributed by atoms with van der Waals surface area (Å²) in [5.41, 5.74) is 4.57. The Balaban J connectivity index is 0.707. The first-order chi connectivity index (χ1) is 46.1. The van der Waals surface area contributed by atoms with Gasteiger partial charge in [0.25, 0.3) is 5.91 Å². The number of anilines is 3. The van der Waals surface area contributed by atoms with Gasteiger partial charge < -0.3 is 64.9 Å². The number of carbonyl (C=O) groups is 6. The molecule has 6 aromatic rings. The van der Waals surface area contributed by atoms with E-state index in [1.807, 2.05) is 59.0 Å². The van der Waals surface area contributed by atoms with Gasteiger partial charge in [0.2, 0.25) is 18.1 Å². The quantitative estimate of drug-likeness (QED) is 0.0216. The number of hydrogen-bond acceptors (Lipinski definition) is 20. The Labute approximate surface area is 565 Å². The van der Waals surface area contributed by atoms with Crippen LogP contribution >= 0.6 is 11.3 Å². The van der Waals surface area contributed by atoms with Gasteiger partial charge >= 0.3 is 18.0 Å². The average molecular weight is 1370 g/mol. The minimum absolute atomic E-state index is 0.0171. The monoisotopic (exact) mass is 1370 g/mol. The molecule has 3 aromatic heterocycles. The Bertz CT molecular complexity index is 4070. The van der Waals surface area contributed by atoms with Crippen LogP contribution in [0.4, 0.5) is 21.4 Å². The Hall–Kier alpha value is -8.38. The number of aliphatic hydroxyl groups excluding tert-OH is 3. The molecule has 2 unspecified atom stereocenters. The normalized spacial score (nSPS) is 24.9. The molecule has 26 nitrogen and oxygen atoms in total. The molecule has 4 bridgehead atoms. The second-order valence-corrected chi connectivity index (χ2v) is 30.5. The summed E-state index contributed by atoms with van der Waals surface area (Å²) in [5, 5.41) is 66.5. The van der Waals surface area contributed by atoms with Crippen LogP contribution in [0, 0.1) is 23.2 Å². The zero-order valence-electron chi connectivity index (χ0n) is 54.7. The van der Waals surface area contributed by atoms with E-state index in [4.69, 9.17) is 29.0 Å². The number of likely N-dealkylation sites (N-methyl/N-ethyl adjacent to an activating group) is 1. The molecule has 0 radical (unpaired) electrons. The molecule has 8 N–H and O–H groups in total. The van der Waals surface area contributed by atoms with E-state index in [2.05, 4.69) is 41.4 Å².